The predicted octanol–water partition coefficient (Wildman–Crippen LogP) is 6.01. The Kier molecular flexibility index (Phi) is 7.81. The molecule has 1 aromatic carbocycles. The van der Waals surface area contributed by atoms with E-state index in [0.29, 0.717) is 25.6 Å². The number of allylic oxidation sites excluding steroid dienone is 2. The van der Waals surface area contributed by atoms with Gasteiger partial charge in [0.05, 0.1) is 13.2 Å². The first kappa shape index (κ1) is 18.2. The van der Waals surface area contributed by atoms with Gasteiger partial charge in [0, 0.05) is 0 Å². The number of unbranched alkanes of at least 4 members (excludes halogenated alkanes) is 2. The van der Waals surface area contributed by atoms with Crippen LogP contribution in [0.25, 0.3) is 0 Å². The summed E-state index contributed by atoms with van der Waals surface area (Å²) in [5.41, 5.74) is 2.46. The summed E-state index contributed by atoms with van der Waals surface area (Å²) in [5, 5.41) is 0. The van der Waals surface area contributed by atoms with Gasteiger partial charge in [-0.1, -0.05) is 61.7 Å². The monoisotopic (exact) mass is 318 g/mol. The minimum atomic E-state index is -0.654. The molecule has 128 valence electrons. The highest BCUT2D eigenvalue weighted by Crippen LogP contribution is 2.37. The molecule has 2 rings (SSSR count). The number of hydrogen-bond donors (Lipinski definition) is 0. The van der Waals surface area contributed by atoms with Crippen molar-refractivity contribution >= 4 is 0 Å². The van der Waals surface area contributed by atoms with E-state index in [9.17, 15) is 4.39 Å². The van der Waals surface area contributed by atoms with Gasteiger partial charge < -0.3 is 4.74 Å². The van der Waals surface area contributed by atoms with Crippen LogP contribution in [-0.4, -0.2) is 12.8 Å². The summed E-state index contributed by atoms with van der Waals surface area (Å²) in [4.78, 5) is 0. The van der Waals surface area contributed by atoms with Crippen molar-refractivity contribution in [3.05, 3.63) is 47.5 Å². The average Bonchev–Trinajstić information content (AvgIpc) is 2.88. The van der Waals surface area contributed by atoms with Crippen molar-refractivity contribution < 1.29 is 9.13 Å². The highest BCUT2D eigenvalue weighted by atomic mass is 19.1. The Bertz CT molecular complexity index is 482. The molecule has 2 heteroatoms. The van der Waals surface area contributed by atoms with Crippen LogP contribution >= 0.6 is 0 Å². The minimum absolute atomic E-state index is 0.144. The molecular formula is C21H31FO. The molecule has 0 heterocycles. The molecule has 0 radical (unpaired) electrons. The van der Waals surface area contributed by atoms with E-state index in [1.54, 1.807) is 0 Å². The van der Waals surface area contributed by atoms with Crippen molar-refractivity contribution in [2.24, 2.45) is 11.8 Å². The maximum atomic E-state index is 14.1. The quantitative estimate of drug-likeness (QED) is 0.400. The molecule has 0 aromatic heterocycles. The Morgan fingerprint density at radius 2 is 2.13 bits per heavy atom. The van der Waals surface area contributed by atoms with Crippen LogP contribution in [0.15, 0.2) is 36.4 Å². The second-order valence-corrected chi connectivity index (χ2v) is 6.87. The molecule has 3 unspecified atom stereocenters. The van der Waals surface area contributed by atoms with Gasteiger partial charge in [-0.15, -0.1) is 0 Å². The van der Waals surface area contributed by atoms with Crippen molar-refractivity contribution in [3.63, 3.8) is 0 Å². The second kappa shape index (κ2) is 9.87. The van der Waals surface area contributed by atoms with Crippen molar-refractivity contribution in [1.29, 1.82) is 0 Å². The van der Waals surface area contributed by atoms with E-state index in [0.717, 1.165) is 19.3 Å². The van der Waals surface area contributed by atoms with Crippen molar-refractivity contribution in [1.82, 2.24) is 0 Å². The Hall–Kier alpha value is -1.15. The molecule has 23 heavy (non-hydrogen) atoms. The molecule has 1 fully saturated rings. The van der Waals surface area contributed by atoms with Gasteiger partial charge in [0.1, 0.15) is 6.17 Å². The lowest BCUT2D eigenvalue weighted by molar-refractivity contribution is 0.0665. The highest BCUT2D eigenvalue weighted by molar-refractivity contribution is 5.21. The third-order valence-corrected chi connectivity index (χ3v) is 4.87. The van der Waals surface area contributed by atoms with Crippen LogP contribution in [0.5, 0.6) is 0 Å². The van der Waals surface area contributed by atoms with E-state index < -0.39 is 6.17 Å². The molecule has 3 atom stereocenters. The molecule has 0 saturated heterocycles. The first-order chi connectivity index (χ1) is 11.2. The van der Waals surface area contributed by atoms with Gasteiger partial charge in [0.25, 0.3) is 0 Å². The second-order valence-electron chi connectivity index (χ2n) is 6.87. The first-order valence-electron chi connectivity index (χ1n) is 9.13. The van der Waals surface area contributed by atoms with Crippen LogP contribution in [0.1, 0.15) is 56.6 Å². The van der Waals surface area contributed by atoms with Gasteiger partial charge in [-0.05, 0) is 50.0 Å². The Morgan fingerprint density at radius 3 is 2.91 bits per heavy atom. The number of alkyl halides is 1. The number of rotatable bonds is 9. The Labute approximate surface area is 140 Å². The molecule has 0 spiro atoms. The molecule has 1 nitrogen and oxygen atoms in total. The molecule has 1 aromatic rings. The summed E-state index contributed by atoms with van der Waals surface area (Å²) in [6, 6.07) is 8.40. The number of aryl methyl sites for hydroxylation is 1. The maximum absolute atomic E-state index is 14.1. The van der Waals surface area contributed by atoms with Gasteiger partial charge in [-0.3, -0.25) is 0 Å². The molecule has 1 saturated carbocycles. The normalized spacial score (nSPS) is 24.6. The molecular weight excluding hydrogens is 287 g/mol. The smallest absolute Gasteiger partial charge is 0.104 e. The fourth-order valence-electron chi connectivity index (χ4n) is 3.47. The summed E-state index contributed by atoms with van der Waals surface area (Å²) in [7, 11) is 0. The van der Waals surface area contributed by atoms with Crippen LogP contribution in [-0.2, 0) is 11.3 Å². The molecule has 0 amide bonds. The zero-order chi connectivity index (χ0) is 16.5. The van der Waals surface area contributed by atoms with Gasteiger partial charge in [-0.25, -0.2) is 4.39 Å². The number of ether oxygens (including phenoxy) is 1. The Morgan fingerprint density at radius 1 is 1.26 bits per heavy atom. The number of benzene rings is 1. The van der Waals surface area contributed by atoms with Gasteiger partial charge in [0.2, 0.25) is 0 Å². The van der Waals surface area contributed by atoms with Gasteiger partial charge in [-0.2, -0.15) is 0 Å². The average molecular weight is 318 g/mol. The van der Waals surface area contributed by atoms with E-state index in [1.807, 2.05) is 0 Å². The van der Waals surface area contributed by atoms with Crippen LogP contribution in [0, 0.1) is 18.8 Å². The van der Waals surface area contributed by atoms with E-state index in [1.165, 1.54) is 24.0 Å². The fourth-order valence-corrected chi connectivity index (χ4v) is 3.47. The van der Waals surface area contributed by atoms with Gasteiger partial charge in [0.15, 0.2) is 0 Å². The number of halogens is 1. The SMILES string of the molecule is CCCC/C=C\CC1C(F)CCC1COCc1cccc(C)c1. The summed E-state index contributed by atoms with van der Waals surface area (Å²) in [6.07, 6.45) is 9.84. The zero-order valence-corrected chi connectivity index (χ0v) is 14.6. The van der Waals surface area contributed by atoms with E-state index >= 15 is 0 Å². The third-order valence-electron chi connectivity index (χ3n) is 4.87. The van der Waals surface area contributed by atoms with E-state index in [2.05, 4.69) is 50.3 Å². The molecule has 1 aliphatic rings. The zero-order valence-electron chi connectivity index (χ0n) is 14.6. The highest BCUT2D eigenvalue weighted by Gasteiger charge is 2.35. The lowest BCUT2D eigenvalue weighted by Gasteiger charge is -2.20. The van der Waals surface area contributed by atoms with Crippen LogP contribution in [0.2, 0.25) is 0 Å². The third kappa shape index (κ3) is 6.10. The number of hydrogen-bond acceptors (Lipinski definition) is 1. The molecule has 1 aliphatic carbocycles. The predicted molar refractivity (Wildman–Crippen MR) is 95.2 cm³/mol. The maximum Gasteiger partial charge on any atom is 0.104 e. The summed E-state index contributed by atoms with van der Waals surface area (Å²) in [6.45, 7) is 5.61. The van der Waals surface area contributed by atoms with Crippen molar-refractivity contribution in [2.75, 3.05) is 6.61 Å². The largest absolute Gasteiger partial charge is 0.376 e. The van der Waals surface area contributed by atoms with Crippen molar-refractivity contribution in [2.45, 2.75) is 65.2 Å². The minimum Gasteiger partial charge on any atom is -0.376 e. The molecule has 0 bridgehead atoms. The lowest BCUT2D eigenvalue weighted by atomic mass is 9.92. The van der Waals surface area contributed by atoms with Crippen LogP contribution in [0.3, 0.4) is 0 Å². The van der Waals surface area contributed by atoms with E-state index in [-0.39, 0.29) is 5.92 Å². The topological polar surface area (TPSA) is 9.23 Å². The summed E-state index contributed by atoms with van der Waals surface area (Å²) < 4.78 is 20.0. The molecule has 0 aliphatic heterocycles. The van der Waals surface area contributed by atoms with Crippen molar-refractivity contribution in [3.8, 4) is 0 Å². The van der Waals surface area contributed by atoms with Crippen LogP contribution in [0.4, 0.5) is 4.39 Å². The van der Waals surface area contributed by atoms with Gasteiger partial charge >= 0.3 is 0 Å². The lowest BCUT2D eigenvalue weighted by Crippen LogP contribution is -2.19. The van der Waals surface area contributed by atoms with Crippen LogP contribution < -0.4 is 0 Å². The summed E-state index contributed by atoms with van der Waals surface area (Å²) in [5.74, 6) is 0.510. The first-order valence-corrected chi connectivity index (χ1v) is 9.13. The fraction of sp³-hybridized carbons (Fsp3) is 0.619. The van der Waals surface area contributed by atoms with E-state index in [4.69, 9.17) is 4.74 Å². The summed E-state index contributed by atoms with van der Waals surface area (Å²) >= 11 is 0. The molecule has 0 N–H and O–H groups in total. The standard InChI is InChI=1S/C21H31FO/c1-3-4-5-6-7-11-20-19(12-13-21(20)22)16-23-15-18-10-8-9-17(2)14-18/h6-10,14,19-21H,3-5,11-13,15-16H2,1-2H3/b7-6-. The Balaban J connectivity index is 1.75.